The molecule has 0 aromatic carbocycles. The summed E-state index contributed by atoms with van der Waals surface area (Å²) < 4.78 is 16.1. The molecule has 1 saturated carbocycles. The maximum absolute atomic E-state index is 11.4. The highest BCUT2D eigenvalue weighted by molar-refractivity contribution is 5.88. The van der Waals surface area contributed by atoms with Gasteiger partial charge in [-0.2, -0.15) is 0 Å². The van der Waals surface area contributed by atoms with Crippen LogP contribution in [0, 0.1) is 0 Å². The van der Waals surface area contributed by atoms with Gasteiger partial charge in [0.15, 0.2) is 5.79 Å². The van der Waals surface area contributed by atoms with Crippen LogP contribution in [0.1, 0.15) is 26.2 Å². The van der Waals surface area contributed by atoms with Gasteiger partial charge >= 0.3 is 5.97 Å². The Bertz CT molecular complexity index is 280. The maximum atomic E-state index is 11.4. The zero-order valence-corrected chi connectivity index (χ0v) is 8.95. The maximum Gasteiger partial charge on any atom is 0.336 e. The van der Waals surface area contributed by atoms with Crippen LogP contribution in [0.2, 0.25) is 0 Å². The van der Waals surface area contributed by atoms with Crippen molar-refractivity contribution in [3.63, 3.8) is 0 Å². The summed E-state index contributed by atoms with van der Waals surface area (Å²) in [4.78, 5) is 11.4. The van der Waals surface area contributed by atoms with Gasteiger partial charge in [0, 0.05) is 12.8 Å². The van der Waals surface area contributed by atoms with Crippen LogP contribution >= 0.6 is 0 Å². The largest absolute Gasteiger partial charge is 0.463 e. The van der Waals surface area contributed by atoms with Crippen LogP contribution in [-0.4, -0.2) is 31.1 Å². The minimum absolute atomic E-state index is 0.329. The summed E-state index contributed by atoms with van der Waals surface area (Å²) in [5.74, 6) is -0.803. The minimum Gasteiger partial charge on any atom is -0.463 e. The summed E-state index contributed by atoms with van der Waals surface area (Å²) in [6, 6.07) is 0. The van der Waals surface area contributed by atoms with E-state index in [1.54, 1.807) is 6.92 Å². The molecule has 1 atom stereocenters. The van der Waals surface area contributed by atoms with E-state index < -0.39 is 5.79 Å². The van der Waals surface area contributed by atoms with Crippen molar-refractivity contribution in [2.45, 2.75) is 38.1 Å². The molecule has 1 spiro atoms. The lowest BCUT2D eigenvalue weighted by Gasteiger charge is -2.36. The first-order valence-electron chi connectivity index (χ1n) is 5.34. The fourth-order valence-electron chi connectivity index (χ4n) is 1.81. The molecule has 1 saturated heterocycles. The molecule has 1 unspecified atom stereocenters. The van der Waals surface area contributed by atoms with Gasteiger partial charge in [-0.15, -0.1) is 0 Å². The molecule has 1 heterocycles. The van der Waals surface area contributed by atoms with E-state index in [-0.39, 0.29) is 12.1 Å². The minimum atomic E-state index is -0.417. The Kier molecular flexibility index (Phi) is 2.80. The molecule has 0 radical (unpaired) electrons. The molecule has 84 valence electrons. The van der Waals surface area contributed by atoms with E-state index in [0.29, 0.717) is 18.8 Å². The summed E-state index contributed by atoms with van der Waals surface area (Å²) in [5.41, 5.74) is 0.362. The monoisotopic (exact) mass is 212 g/mol. The van der Waals surface area contributed by atoms with Gasteiger partial charge in [0.05, 0.1) is 18.8 Å². The van der Waals surface area contributed by atoms with Crippen LogP contribution in [0.25, 0.3) is 0 Å². The molecule has 2 aliphatic rings. The van der Waals surface area contributed by atoms with E-state index in [2.05, 4.69) is 6.58 Å². The van der Waals surface area contributed by atoms with Gasteiger partial charge in [-0.25, -0.2) is 4.79 Å². The predicted octanol–water partition coefficient (Wildman–Crippen LogP) is 1.40. The average molecular weight is 212 g/mol. The van der Waals surface area contributed by atoms with Crippen molar-refractivity contribution in [3.8, 4) is 0 Å². The number of esters is 1. The molecule has 1 aliphatic carbocycles. The fraction of sp³-hybridized carbons (Fsp3) is 0.727. The summed E-state index contributed by atoms with van der Waals surface area (Å²) in [6.45, 7) is 6.24. The van der Waals surface area contributed by atoms with Crippen LogP contribution in [0.15, 0.2) is 12.2 Å². The quantitative estimate of drug-likeness (QED) is 0.524. The Morgan fingerprint density at radius 2 is 2.33 bits per heavy atom. The van der Waals surface area contributed by atoms with Crippen LogP contribution in [-0.2, 0) is 19.0 Å². The van der Waals surface area contributed by atoms with Crippen molar-refractivity contribution >= 4 is 5.97 Å². The molecule has 1 aliphatic heterocycles. The summed E-state index contributed by atoms with van der Waals surface area (Å²) in [7, 11) is 0. The van der Waals surface area contributed by atoms with Gasteiger partial charge in [0.2, 0.25) is 0 Å². The number of hydrogen-bond acceptors (Lipinski definition) is 4. The standard InChI is InChI=1S/C11H16O4/c1-3-13-10(12)8(2)9-7-14-11(15-9)5-4-6-11/h9H,2-7H2,1H3. The lowest BCUT2D eigenvalue weighted by molar-refractivity contribution is -0.213. The van der Waals surface area contributed by atoms with Crippen molar-refractivity contribution in [1.82, 2.24) is 0 Å². The van der Waals surface area contributed by atoms with E-state index >= 15 is 0 Å². The predicted molar refractivity (Wildman–Crippen MR) is 53.2 cm³/mol. The molecule has 0 amide bonds. The first kappa shape index (κ1) is 10.6. The van der Waals surface area contributed by atoms with Crippen molar-refractivity contribution in [2.75, 3.05) is 13.2 Å². The normalized spacial score (nSPS) is 27.4. The topological polar surface area (TPSA) is 44.8 Å². The van der Waals surface area contributed by atoms with E-state index in [1.807, 2.05) is 0 Å². The van der Waals surface area contributed by atoms with Gasteiger partial charge in [0.1, 0.15) is 6.10 Å². The molecule has 2 rings (SSSR count). The molecule has 0 N–H and O–H groups in total. The highest BCUT2D eigenvalue weighted by Gasteiger charge is 2.47. The lowest BCUT2D eigenvalue weighted by Crippen LogP contribution is -2.38. The molecular weight excluding hydrogens is 196 g/mol. The van der Waals surface area contributed by atoms with Gasteiger partial charge in [-0.3, -0.25) is 0 Å². The second kappa shape index (κ2) is 3.94. The third kappa shape index (κ3) is 1.92. The first-order valence-corrected chi connectivity index (χ1v) is 5.34. The highest BCUT2D eigenvalue weighted by Crippen LogP contribution is 2.42. The summed E-state index contributed by atoms with van der Waals surface area (Å²) in [6.07, 6.45) is 2.63. The Labute approximate surface area is 89.2 Å². The zero-order valence-electron chi connectivity index (χ0n) is 8.95. The van der Waals surface area contributed by atoms with Crippen LogP contribution in [0.5, 0.6) is 0 Å². The number of ether oxygens (including phenoxy) is 3. The first-order chi connectivity index (χ1) is 7.17. The third-order valence-electron chi connectivity index (χ3n) is 2.90. The SMILES string of the molecule is C=C(C(=O)OCC)C1COC2(CCC2)O1. The van der Waals surface area contributed by atoms with Gasteiger partial charge in [0.25, 0.3) is 0 Å². The van der Waals surface area contributed by atoms with Crippen LogP contribution in [0.4, 0.5) is 0 Å². The van der Waals surface area contributed by atoms with E-state index in [9.17, 15) is 4.79 Å². The number of hydrogen-bond donors (Lipinski definition) is 0. The molecule has 15 heavy (non-hydrogen) atoms. The Hall–Kier alpha value is -0.870. The second-order valence-corrected chi connectivity index (χ2v) is 3.93. The molecule has 4 heteroatoms. The lowest BCUT2D eigenvalue weighted by atomic mass is 9.91. The molecule has 4 nitrogen and oxygen atoms in total. The van der Waals surface area contributed by atoms with E-state index in [1.165, 1.54) is 0 Å². The summed E-state index contributed by atoms with van der Waals surface area (Å²) in [5, 5.41) is 0. The van der Waals surface area contributed by atoms with Crippen molar-refractivity contribution < 1.29 is 19.0 Å². The zero-order chi connectivity index (χ0) is 10.9. The van der Waals surface area contributed by atoms with Crippen molar-refractivity contribution in [1.29, 1.82) is 0 Å². The second-order valence-electron chi connectivity index (χ2n) is 3.93. The average Bonchev–Trinajstić information content (AvgIpc) is 2.61. The van der Waals surface area contributed by atoms with Crippen molar-refractivity contribution in [3.05, 3.63) is 12.2 Å². The van der Waals surface area contributed by atoms with E-state index in [4.69, 9.17) is 14.2 Å². The Morgan fingerprint density at radius 3 is 2.80 bits per heavy atom. The molecule has 0 aromatic heterocycles. The van der Waals surface area contributed by atoms with Gasteiger partial charge in [-0.05, 0) is 13.3 Å². The van der Waals surface area contributed by atoms with Crippen LogP contribution < -0.4 is 0 Å². The third-order valence-corrected chi connectivity index (χ3v) is 2.90. The fourth-order valence-corrected chi connectivity index (χ4v) is 1.81. The van der Waals surface area contributed by atoms with Crippen LogP contribution in [0.3, 0.4) is 0 Å². The number of carbonyl (C=O) groups excluding carboxylic acids is 1. The molecule has 0 aromatic rings. The van der Waals surface area contributed by atoms with Gasteiger partial charge < -0.3 is 14.2 Å². The van der Waals surface area contributed by atoms with Gasteiger partial charge in [-0.1, -0.05) is 6.58 Å². The molecular formula is C11H16O4. The van der Waals surface area contributed by atoms with Crippen molar-refractivity contribution in [2.24, 2.45) is 0 Å². The van der Waals surface area contributed by atoms with E-state index in [0.717, 1.165) is 19.3 Å². The molecule has 2 fully saturated rings. The smallest absolute Gasteiger partial charge is 0.336 e. The summed E-state index contributed by atoms with van der Waals surface area (Å²) >= 11 is 0. The Morgan fingerprint density at radius 1 is 1.60 bits per heavy atom. The molecule has 0 bridgehead atoms. The number of rotatable bonds is 3. The Balaban J connectivity index is 1.90. The number of carbonyl (C=O) groups is 1. The highest BCUT2D eigenvalue weighted by atomic mass is 16.7.